The Morgan fingerprint density at radius 3 is 2.25 bits per heavy atom. The van der Waals surface area contributed by atoms with E-state index in [1.54, 1.807) is 38.3 Å². The van der Waals surface area contributed by atoms with Gasteiger partial charge in [0.1, 0.15) is 29.8 Å². The lowest BCUT2D eigenvalue weighted by Crippen LogP contribution is -2.53. The van der Waals surface area contributed by atoms with Crippen LogP contribution in [0.4, 0.5) is 4.79 Å². The lowest BCUT2D eigenvalue weighted by Gasteiger charge is -2.35. The average Bonchev–Trinajstić information content (AvgIpc) is 2.70. The fraction of sp³-hybridized carbons (Fsp3) is 0.409. The molecule has 0 radical (unpaired) electrons. The SMILES string of the molecule is COc1ccc(O[C@H](C(C)C)[C@@](C)(O)CNC(=O)OCc2ccccc2)cc1. The van der Waals surface area contributed by atoms with E-state index in [-0.39, 0.29) is 19.1 Å². The van der Waals surface area contributed by atoms with Crippen molar-refractivity contribution in [1.82, 2.24) is 5.32 Å². The molecular weight excluding hydrogens is 358 g/mol. The average molecular weight is 387 g/mol. The van der Waals surface area contributed by atoms with Crippen molar-refractivity contribution in [3.8, 4) is 11.5 Å². The lowest BCUT2D eigenvalue weighted by molar-refractivity contribution is -0.0660. The largest absolute Gasteiger partial charge is 0.497 e. The number of hydrogen-bond donors (Lipinski definition) is 2. The van der Waals surface area contributed by atoms with E-state index in [1.807, 2.05) is 44.2 Å². The maximum Gasteiger partial charge on any atom is 0.407 e. The van der Waals surface area contributed by atoms with Gasteiger partial charge in [-0.3, -0.25) is 0 Å². The highest BCUT2D eigenvalue weighted by atomic mass is 16.5. The number of alkyl carbamates (subject to hydrolysis) is 1. The highest BCUT2D eigenvalue weighted by Crippen LogP contribution is 2.25. The summed E-state index contributed by atoms with van der Waals surface area (Å²) in [6, 6.07) is 16.6. The van der Waals surface area contributed by atoms with Crippen LogP contribution in [0.3, 0.4) is 0 Å². The predicted molar refractivity (Wildman–Crippen MR) is 108 cm³/mol. The molecule has 0 bridgehead atoms. The fourth-order valence-electron chi connectivity index (χ4n) is 2.91. The third-order valence-electron chi connectivity index (χ3n) is 4.34. The first-order valence-corrected chi connectivity index (χ1v) is 9.29. The summed E-state index contributed by atoms with van der Waals surface area (Å²) in [5.41, 5.74) is -0.396. The van der Waals surface area contributed by atoms with Gasteiger partial charge in [0.05, 0.1) is 13.7 Å². The summed E-state index contributed by atoms with van der Waals surface area (Å²) < 4.78 is 16.3. The number of aliphatic hydroxyl groups is 1. The number of benzene rings is 2. The van der Waals surface area contributed by atoms with E-state index in [1.165, 1.54) is 0 Å². The summed E-state index contributed by atoms with van der Waals surface area (Å²) in [4.78, 5) is 12.0. The second-order valence-corrected chi connectivity index (χ2v) is 7.23. The van der Waals surface area contributed by atoms with Crippen LogP contribution in [0.15, 0.2) is 54.6 Å². The van der Waals surface area contributed by atoms with E-state index < -0.39 is 17.8 Å². The molecule has 0 unspecified atom stereocenters. The molecule has 0 aliphatic heterocycles. The molecule has 0 aliphatic carbocycles. The zero-order chi connectivity index (χ0) is 20.6. The quantitative estimate of drug-likeness (QED) is 0.685. The second kappa shape index (κ2) is 9.99. The van der Waals surface area contributed by atoms with Crippen LogP contribution in [0.2, 0.25) is 0 Å². The number of methoxy groups -OCH3 is 1. The lowest BCUT2D eigenvalue weighted by atomic mass is 9.90. The Labute approximate surface area is 166 Å². The maximum absolute atomic E-state index is 12.0. The van der Waals surface area contributed by atoms with E-state index in [9.17, 15) is 9.90 Å². The molecule has 2 atom stereocenters. The Morgan fingerprint density at radius 1 is 1.07 bits per heavy atom. The molecule has 6 nitrogen and oxygen atoms in total. The first-order valence-electron chi connectivity index (χ1n) is 9.29. The number of carbonyl (C=O) groups is 1. The second-order valence-electron chi connectivity index (χ2n) is 7.23. The van der Waals surface area contributed by atoms with Gasteiger partial charge >= 0.3 is 6.09 Å². The van der Waals surface area contributed by atoms with Crippen LogP contribution in [-0.4, -0.2) is 36.6 Å². The Balaban J connectivity index is 1.91. The van der Waals surface area contributed by atoms with Crippen molar-refractivity contribution in [2.45, 2.75) is 39.1 Å². The standard InChI is InChI=1S/C22H29NO5/c1-16(2)20(28-19-12-10-18(26-4)11-13-19)22(3,25)15-23-21(24)27-14-17-8-6-5-7-9-17/h5-13,16,20,25H,14-15H2,1-4H3,(H,23,24)/t20-,22+/m1/s1. The Hall–Kier alpha value is -2.73. The summed E-state index contributed by atoms with van der Waals surface area (Å²) in [6.07, 6.45) is -1.12. The topological polar surface area (TPSA) is 77.0 Å². The van der Waals surface area contributed by atoms with Crippen molar-refractivity contribution in [3.63, 3.8) is 0 Å². The van der Waals surface area contributed by atoms with Gasteiger partial charge < -0.3 is 24.6 Å². The first-order chi connectivity index (χ1) is 13.3. The highest BCUT2D eigenvalue weighted by molar-refractivity contribution is 5.67. The molecule has 0 saturated carbocycles. The molecular formula is C22H29NO5. The van der Waals surface area contributed by atoms with E-state index in [0.29, 0.717) is 5.75 Å². The molecule has 0 heterocycles. The smallest absolute Gasteiger partial charge is 0.407 e. The zero-order valence-electron chi connectivity index (χ0n) is 16.8. The summed E-state index contributed by atoms with van der Waals surface area (Å²) in [6.45, 7) is 5.72. The van der Waals surface area contributed by atoms with Gasteiger partial charge in [-0.25, -0.2) is 4.79 Å². The molecule has 0 aliphatic rings. The summed E-state index contributed by atoms with van der Waals surface area (Å²) >= 11 is 0. The molecule has 1 amide bonds. The number of amides is 1. The third kappa shape index (κ3) is 6.46. The molecule has 2 aromatic rings. The number of carbonyl (C=O) groups excluding carboxylic acids is 1. The Kier molecular flexibility index (Phi) is 7.70. The molecule has 6 heteroatoms. The molecule has 0 spiro atoms. The zero-order valence-corrected chi connectivity index (χ0v) is 16.8. The van der Waals surface area contributed by atoms with Gasteiger partial charge in [-0.05, 0) is 42.7 Å². The van der Waals surface area contributed by atoms with Crippen LogP contribution < -0.4 is 14.8 Å². The number of ether oxygens (including phenoxy) is 3. The van der Waals surface area contributed by atoms with E-state index in [0.717, 1.165) is 11.3 Å². The molecule has 0 fully saturated rings. The van der Waals surface area contributed by atoms with E-state index in [2.05, 4.69) is 5.32 Å². The molecule has 2 rings (SSSR count). The van der Waals surface area contributed by atoms with Crippen molar-refractivity contribution >= 4 is 6.09 Å². The highest BCUT2D eigenvalue weighted by Gasteiger charge is 2.36. The predicted octanol–water partition coefficient (Wildman–Crippen LogP) is 3.78. The minimum atomic E-state index is -1.29. The van der Waals surface area contributed by atoms with Gasteiger partial charge in [-0.2, -0.15) is 0 Å². The number of nitrogens with one attached hydrogen (secondary N) is 1. The first kappa shape index (κ1) is 21.6. The normalized spacial score (nSPS) is 14.1. The molecule has 0 aromatic heterocycles. The summed E-state index contributed by atoms with van der Waals surface area (Å²) in [7, 11) is 1.60. The van der Waals surface area contributed by atoms with Crippen molar-refractivity contribution in [2.75, 3.05) is 13.7 Å². The van der Waals surface area contributed by atoms with Gasteiger partial charge in [0.2, 0.25) is 0 Å². The van der Waals surface area contributed by atoms with Crippen molar-refractivity contribution in [1.29, 1.82) is 0 Å². The minimum absolute atomic E-state index is 0.000373. The Morgan fingerprint density at radius 2 is 1.68 bits per heavy atom. The van der Waals surface area contributed by atoms with Gasteiger partial charge in [0.15, 0.2) is 0 Å². The van der Waals surface area contributed by atoms with Crippen molar-refractivity contribution < 1.29 is 24.1 Å². The van der Waals surface area contributed by atoms with Gasteiger partial charge in [-0.1, -0.05) is 44.2 Å². The van der Waals surface area contributed by atoms with Crippen LogP contribution in [0.5, 0.6) is 11.5 Å². The third-order valence-corrected chi connectivity index (χ3v) is 4.34. The summed E-state index contributed by atoms with van der Waals surface area (Å²) in [5, 5.41) is 13.5. The Bertz CT molecular complexity index is 728. The van der Waals surface area contributed by atoms with Crippen molar-refractivity contribution in [2.24, 2.45) is 5.92 Å². The molecule has 2 aromatic carbocycles. The molecule has 2 N–H and O–H groups in total. The van der Waals surface area contributed by atoms with Crippen LogP contribution >= 0.6 is 0 Å². The number of rotatable bonds is 9. The molecule has 152 valence electrons. The van der Waals surface area contributed by atoms with Crippen LogP contribution in [-0.2, 0) is 11.3 Å². The van der Waals surface area contributed by atoms with Crippen LogP contribution in [0, 0.1) is 5.92 Å². The van der Waals surface area contributed by atoms with Gasteiger partial charge in [0.25, 0.3) is 0 Å². The van der Waals surface area contributed by atoms with Gasteiger partial charge in [0, 0.05) is 0 Å². The fourth-order valence-corrected chi connectivity index (χ4v) is 2.91. The van der Waals surface area contributed by atoms with Crippen molar-refractivity contribution in [3.05, 3.63) is 60.2 Å². The minimum Gasteiger partial charge on any atom is -0.497 e. The van der Waals surface area contributed by atoms with Crippen LogP contribution in [0.1, 0.15) is 26.3 Å². The number of hydrogen-bond acceptors (Lipinski definition) is 5. The monoisotopic (exact) mass is 387 g/mol. The molecule has 0 saturated heterocycles. The maximum atomic E-state index is 12.0. The van der Waals surface area contributed by atoms with Crippen LogP contribution in [0.25, 0.3) is 0 Å². The van der Waals surface area contributed by atoms with Gasteiger partial charge in [-0.15, -0.1) is 0 Å². The van der Waals surface area contributed by atoms with E-state index >= 15 is 0 Å². The van der Waals surface area contributed by atoms with E-state index in [4.69, 9.17) is 14.2 Å². The summed E-state index contributed by atoms with van der Waals surface area (Å²) in [5.74, 6) is 1.36. The molecule has 28 heavy (non-hydrogen) atoms.